The number of pyridine rings is 1. The normalized spacial score (nSPS) is 12.8. The number of rotatable bonds is 12. The molecule has 0 radical (unpaired) electrons. The molecule has 0 aliphatic rings. The van der Waals surface area contributed by atoms with Gasteiger partial charge < -0.3 is 20.8 Å². The average Bonchev–Trinajstić information content (AvgIpc) is 2.87. The minimum absolute atomic E-state index is 0. The first-order valence-electron chi connectivity index (χ1n) is 11.0. The number of halogens is 1. The van der Waals surface area contributed by atoms with Crippen molar-refractivity contribution in [2.75, 3.05) is 11.1 Å². The van der Waals surface area contributed by atoms with E-state index in [9.17, 15) is 29.4 Å². The van der Waals surface area contributed by atoms with Crippen molar-refractivity contribution in [1.29, 1.82) is 0 Å². The molecule has 0 saturated heterocycles. The van der Waals surface area contributed by atoms with Crippen LogP contribution in [0.5, 0.6) is 0 Å². The van der Waals surface area contributed by atoms with Crippen molar-refractivity contribution >= 4 is 52.8 Å². The number of thioether (sulfide) groups is 1. The zero-order valence-corrected chi connectivity index (χ0v) is 21.2. The number of anilines is 1. The summed E-state index contributed by atoms with van der Waals surface area (Å²) < 4.78 is 0. The van der Waals surface area contributed by atoms with E-state index in [0.29, 0.717) is 11.3 Å². The number of hydrogen-bond donors (Lipinski definition) is 4. The van der Waals surface area contributed by atoms with Crippen molar-refractivity contribution < 1.29 is 29.4 Å². The summed E-state index contributed by atoms with van der Waals surface area (Å²) in [4.78, 5) is 53.9. The number of nitrogens with zero attached hydrogens (tertiary/aromatic N) is 1. The van der Waals surface area contributed by atoms with Crippen molar-refractivity contribution in [3.8, 4) is 0 Å². The molecule has 2 aromatic carbocycles. The van der Waals surface area contributed by atoms with Gasteiger partial charge in [0, 0.05) is 29.4 Å². The molecule has 2 atom stereocenters. The van der Waals surface area contributed by atoms with Gasteiger partial charge in [-0.3, -0.25) is 19.4 Å². The summed E-state index contributed by atoms with van der Waals surface area (Å²) in [6.45, 7) is 0. The number of carbonyl (C=O) groups excluding carboxylic acids is 2. The van der Waals surface area contributed by atoms with Crippen LogP contribution in [-0.4, -0.2) is 49.6 Å². The fourth-order valence-corrected chi connectivity index (χ4v) is 4.39. The number of amides is 1. The van der Waals surface area contributed by atoms with Crippen molar-refractivity contribution in [3.63, 3.8) is 0 Å². The SMILES string of the molecule is Cl.O=C(O)C[C@@](NC(=O)[C@@H](CSC(=O)c1cccnc1)Cc1ccccc1)(Nc1ccccc1)C(=O)O. The quantitative estimate of drug-likeness (QED) is 0.251. The predicted octanol–water partition coefficient (Wildman–Crippen LogP) is 3.72. The van der Waals surface area contributed by atoms with Crippen LogP contribution < -0.4 is 10.6 Å². The van der Waals surface area contributed by atoms with Crippen molar-refractivity contribution in [2.24, 2.45) is 5.92 Å². The molecule has 0 bridgehead atoms. The van der Waals surface area contributed by atoms with Crippen LogP contribution in [0.4, 0.5) is 5.69 Å². The molecular weight excluding hydrogens is 518 g/mol. The Bertz CT molecular complexity index is 1200. The molecule has 0 fully saturated rings. The van der Waals surface area contributed by atoms with Crippen molar-refractivity contribution in [1.82, 2.24) is 10.3 Å². The number of hydrogen-bond acceptors (Lipinski definition) is 7. The van der Waals surface area contributed by atoms with E-state index < -0.39 is 35.8 Å². The number of nitrogens with one attached hydrogen (secondary N) is 2. The largest absolute Gasteiger partial charge is 0.481 e. The van der Waals surface area contributed by atoms with E-state index in [1.54, 1.807) is 60.8 Å². The molecule has 0 aliphatic carbocycles. The monoisotopic (exact) mass is 543 g/mol. The van der Waals surface area contributed by atoms with Crippen LogP contribution in [0.25, 0.3) is 0 Å². The Kier molecular flexibility index (Phi) is 11.1. The predicted molar refractivity (Wildman–Crippen MR) is 143 cm³/mol. The number of carboxylic acid groups (broad SMARTS) is 2. The molecule has 0 saturated carbocycles. The summed E-state index contributed by atoms with van der Waals surface area (Å²) in [5.41, 5.74) is -0.806. The molecule has 194 valence electrons. The first-order chi connectivity index (χ1) is 17.3. The minimum atomic E-state index is -2.31. The second-order valence-corrected chi connectivity index (χ2v) is 8.98. The summed E-state index contributed by atoms with van der Waals surface area (Å²) in [5.74, 6) is -4.45. The molecule has 0 unspecified atom stereocenters. The van der Waals surface area contributed by atoms with Gasteiger partial charge in [0.25, 0.3) is 0 Å². The molecule has 1 heterocycles. The summed E-state index contributed by atoms with van der Waals surface area (Å²) in [7, 11) is 0. The highest BCUT2D eigenvalue weighted by atomic mass is 35.5. The lowest BCUT2D eigenvalue weighted by Gasteiger charge is -2.32. The van der Waals surface area contributed by atoms with E-state index in [-0.39, 0.29) is 29.7 Å². The van der Waals surface area contributed by atoms with Crippen LogP contribution in [0.3, 0.4) is 0 Å². The topological polar surface area (TPSA) is 146 Å². The Hall–Kier alpha value is -3.89. The molecular formula is C26H26ClN3O6S. The van der Waals surface area contributed by atoms with E-state index in [1.165, 1.54) is 6.20 Å². The first kappa shape index (κ1) is 29.3. The molecule has 3 aromatic rings. The first-order valence-corrected chi connectivity index (χ1v) is 12.0. The Morgan fingerprint density at radius 1 is 0.919 bits per heavy atom. The lowest BCUT2D eigenvalue weighted by molar-refractivity contribution is -0.152. The van der Waals surface area contributed by atoms with Gasteiger partial charge >= 0.3 is 11.9 Å². The minimum Gasteiger partial charge on any atom is -0.481 e. The molecule has 0 aliphatic heterocycles. The highest BCUT2D eigenvalue weighted by molar-refractivity contribution is 8.14. The molecule has 1 aromatic heterocycles. The van der Waals surface area contributed by atoms with Gasteiger partial charge in [0.15, 0.2) is 0 Å². The number of carbonyl (C=O) groups is 4. The van der Waals surface area contributed by atoms with Gasteiger partial charge in [-0.1, -0.05) is 60.3 Å². The zero-order valence-electron chi connectivity index (χ0n) is 19.6. The summed E-state index contributed by atoms with van der Waals surface area (Å²) in [6, 6.07) is 20.5. The van der Waals surface area contributed by atoms with Crippen LogP contribution >= 0.6 is 24.2 Å². The number of benzene rings is 2. The van der Waals surface area contributed by atoms with E-state index in [1.807, 2.05) is 18.2 Å². The lowest BCUT2D eigenvalue weighted by Crippen LogP contribution is -2.62. The fourth-order valence-electron chi connectivity index (χ4n) is 3.48. The smallest absolute Gasteiger partial charge is 0.351 e. The highest BCUT2D eigenvalue weighted by Gasteiger charge is 2.44. The molecule has 9 nitrogen and oxygen atoms in total. The van der Waals surface area contributed by atoms with Crippen molar-refractivity contribution in [2.45, 2.75) is 18.5 Å². The second-order valence-electron chi connectivity index (χ2n) is 7.99. The molecule has 1 amide bonds. The van der Waals surface area contributed by atoms with Crippen LogP contribution in [-0.2, 0) is 20.8 Å². The van der Waals surface area contributed by atoms with Gasteiger partial charge in [0.2, 0.25) is 16.7 Å². The maximum absolute atomic E-state index is 13.4. The van der Waals surface area contributed by atoms with Gasteiger partial charge in [-0.25, -0.2) is 4.79 Å². The highest BCUT2D eigenvalue weighted by Crippen LogP contribution is 2.22. The Balaban J connectivity index is 0.00000481. The van der Waals surface area contributed by atoms with Gasteiger partial charge in [-0.05, 0) is 36.2 Å². The number of carboxylic acids is 2. The number of aromatic nitrogens is 1. The van der Waals surface area contributed by atoms with Crippen LogP contribution in [0.15, 0.2) is 85.2 Å². The van der Waals surface area contributed by atoms with Gasteiger partial charge in [-0.2, -0.15) is 0 Å². The van der Waals surface area contributed by atoms with Crippen LogP contribution in [0.2, 0.25) is 0 Å². The fraction of sp³-hybridized carbons (Fsp3) is 0.192. The molecule has 11 heteroatoms. The Labute approximate surface area is 224 Å². The molecule has 37 heavy (non-hydrogen) atoms. The van der Waals surface area contributed by atoms with E-state index in [2.05, 4.69) is 15.6 Å². The second kappa shape index (κ2) is 14.0. The van der Waals surface area contributed by atoms with Gasteiger partial charge in [0.05, 0.1) is 12.3 Å². The molecule has 3 rings (SSSR count). The maximum atomic E-state index is 13.4. The number of para-hydroxylation sites is 1. The molecule has 0 spiro atoms. The van der Waals surface area contributed by atoms with E-state index in [4.69, 9.17) is 0 Å². The van der Waals surface area contributed by atoms with E-state index >= 15 is 0 Å². The maximum Gasteiger partial charge on any atom is 0.351 e. The lowest BCUT2D eigenvalue weighted by atomic mass is 9.98. The average molecular weight is 544 g/mol. The Morgan fingerprint density at radius 2 is 1.57 bits per heavy atom. The zero-order chi connectivity index (χ0) is 26.0. The number of aliphatic carboxylic acids is 2. The molecule has 4 N–H and O–H groups in total. The Morgan fingerprint density at radius 3 is 2.14 bits per heavy atom. The third kappa shape index (κ3) is 8.62. The third-order valence-corrected chi connectivity index (χ3v) is 6.33. The van der Waals surface area contributed by atoms with Gasteiger partial charge in [-0.15, -0.1) is 12.4 Å². The summed E-state index contributed by atoms with van der Waals surface area (Å²) in [6.07, 6.45) is 2.27. The summed E-state index contributed by atoms with van der Waals surface area (Å²) in [5, 5.41) is 24.3. The van der Waals surface area contributed by atoms with Crippen LogP contribution in [0.1, 0.15) is 22.3 Å². The summed E-state index contributed by atoms with van der Waals surface area (Å²) >= 11 is 0.914. The van der Waals surface area contributed by atoms with E-state index in [0.717, 1.165) is 17.3 Å². The third-order valence-electron chi connectivity index (χ3n) is 5.26. The van der Waals surface area contributed by atoms with Crippen LogP contribution in [0, 0.1) is 5.92 Å². The standard InChI is InChI=1S/C26H25N3O6S.ClH/c30-22(31)15-26(25(34)35,28-21-11-5-2-6-12-21)29-23(32)20(14-18-8-3-1-4-9-18)17-36-24(33)19-10-7-13-27-16-19;/h1-13,16,20,28H,14-15,17H2,(H,29,32)(H,30,31)(H,34,35);1H/t20-,26+;/m1./s1. The van der Waals surface area contributed by atoms with Crippen molar-refractivity contribution in [3.05, 3.63) is 96.3 Å². The van der Waals surface area contributed by atoms with Gasteiger partial charge in [0.1, 0.15) is 0 Å².